The molecule has 1 aromatic heterocycles. The maximum atomic E-state index is 13.9. The average molecular weight is 252 g/mol. The van der Waals surface area contributed by atoms with Gasteiger partial charge in [-0.25, -0.2) is 4.39 Å². The first-order chi connectivity index (χ1) is 8.70. The Morgan fingerprint density at radius 2 is 2.33 bits per heavy atom. The minimum atomic E-state index is -0.866. The van der Waals surface area contributed by atoms with Crippen LogP contribution in [0.5, 0.6) is 0 Å². The summed E-state index contributed by atoms with van der Waals surface area (Å²) in [5.74, 6) is -0.370. The fourth-order valence-electron chi connectivity index (χ4n) is 2.00. The Labute approximate surface area is 105 Å². The van der Waals surface area contributed by atoms with Crippen LogP contribution in [-0.4, -0.2) is 41.0 Å². The minimum absolute atomic E-state index is 0.210. The molecule has 0 saturated carbocycles. The van der Waals surface area contributed by atoms with Crippen LogP contribution in [0.1, 0.15) is 17.7 Å². The van der Waals surface area contributed by atoms with E-state index in [1.807, 2.05) is 6.08 Å². The van der Waals surface area contributed by atoms with Crippen molar-refractivity contribution in [3.05, 3.63) is 35.4 Å². The topological polar surface area (TPSA) is 65.4 Å². The van der Waals surface area contributed by atoms with E-state index in [4.69, 9.17) is 5.11 Å². The summed E-state index contributed by atoms with van der Waals surface area (Å²) in [5.41, 5.74) is 1.89. The number of hydrogen-bond acceptors (Lipinski definition) is 4. The van der Waals surface area contributed by atoms with Crippen LogP contribution < -0.4 is 5.32 Å². The highest BCUT2D eigenvalue weighted by molar-refractivity contribution is 5.64. The fraction of sp³-hybridized carbons (Fsp3) is 0.462. The second-order valence-electron chi connectivity index (χ2n) is 4.40. The molecule has 0 amide bonds. The molecule has 1 aliphatic rings. The molecule has 0 saturated heterocycles. The average Bonchev–Trinajstić information content (AvgIpc) is 2.40. The van der Waals surface area contributed by atoms with E-state index in [0.717, 1.165) is 25.1 Å². The van der Waals surface area contributed by atoms with Gasteiger partial charge in [-0.2, -0.15) is 0 Å². The van der Waals surface area contributed by atoms with Gasteiger partial charge in [-0.1, -0.05) is 6.08 Å². The van der Waals surface area contributed by atoms with Crippen molar-refractivity contribution < 1.29 is 14.6 Å². The van der Waals surface area contributed by atoms with Crippen molar-refractivity contribution in [1.29, 1.82) is 0 Å². The van der Waals surface area contributed by atoms with Gasteiger partial charge in [0.15, 0.2) is 0 Å². The molecule has 0 radical (unpaired) electrons. The standard InChI is InChI=1S/C13H17FN2O2/c14-12-6-9(5-11(18)8-17)7-16-13(12)10-1-3-15-4-2-10/h1,6-7,11,15,17-18H,2-5,8H2. The van der Waals surface area contributed by atoms with Gasteiger partial charge in [0, 0.05) is 19.2 Å². The van der Waals surface area contributed by atoms with Crippen LogP contribution in [0.3, 0.4) is 0 Å². The van der Waals surface area contributed by atoms with E-state index < -0.39 is 6.10 Å². The van der Waals surface area contributed by atoms with E-state index in [1.54, 1.807) is 6.20 Å². The van der Waals surface area contributed by atoms with Crippen LogP contribution in [0, 0.1) is 5.82 Å². The number of hydrogen-bond donors (Lipinski definition) is 3. The van der Waals surface area contributed by atoms with Gasteiger partial charge in [0.2, 0.25) is 0 Å². The number of halogens is 1. The molecule has 2 heterocycles. The highest BCUT2D eigenvalue weighted by atomic mass is 19.1. The molecular weight excluding hydrogens is 235 g/mol. The Morgan fingerprint density at radius 1 is 1.50 bits per heavy atom. The van der Waals surface area contributed by atoms with E-state index in [0.29, 0.717) is 11.3 Å². The van der Waals surface area contributed by atoms with Gasteiger partial charge >= 0.3 is 0 Å². The number of pyridine rings is 1. The van der Waals surface area contributed by atoms with Crippen LogP contribution in [0.15, 0.2) is 18.3 Å². The summed E-state index contributed by atoms with van der Waals surface area (Å²) in [6.07, 6.45) is 3.61. The van der Waals surface area contributed by atoms with Crippen LogP contribution in [0.4, 0.5) is 4.39 Å². The first-order valence-corrected chi connectivity index (χ1v) is 6.04. The molecule has 1 aromatic rings. The van der Waals surface area contributed by atoms with Gasteiger partial charge in [-0.3, -0.25) is 4.98 Å². The first kappa shape index (κ1) is 13.1. The summed E-state index contributed by atoms with van der Waals surface area (Å²) in [6.45, 7) is 1.24. The van der Waals surface area contributed by atoms with Crippen molar-refractivity contribution >= 4 is 5.57 Å². The molecule has 5 heteroatoms. The second-order valence-corrected chi connectivity index (χ2v) is 4.40. The van der Waals surface area contributed by atoms with E-state index in [9.17, 15) is 9.50 Å². The molecule has 0 aliphatic carbocycles. The van der Waals surface area contributed by atoms with Crippen molar-refractivity contribution in [3.63, 3.8) is 0 Å². The van der Waals surface area contributed by atoms with Crippen molar-refractivity contribution in [2.24, 2.45) is 0 Å². The molecule has 0 bridgehead atoms. The van der Waals surface area contributed by atoms with Gasteiger partial charge in [0.05, 0.1) is 12.7 Å². The van der Waals surface area contributed by atoms with Crippen LogP contribution in [-0.2, 0) is 6.42 Å². The SMILES string of the molecule is OCC(O)Cc1cnc(C2=CCNCC2)c(F)c1. The van der Waals surface area contributed by atoms with Crippen molar-refractivity contribution in [1.82, 2.24) is 10.3 Å². The van der Waals surface area contributed by atoms with Crippen molar-refractivity contribution in [3.8, 4) is 0 Å². The van der Waals surface area contributed by atoms with E-state index in [2.05, 4.69) is 10.3 Å². The summed E-state index contributed by atoms with van der Waals surface area (Å²) in [5, 5.41) is 21.2. The number of nitrogens with one attached hydrogen (secondary N) is 1. The molecule has 1 aliphatic heterocycles. The summed E-state index contributed by atoms with van der Waals surface area (Å²) in [7, 11) is 0. The maximum Gasteiger partial charge on any atom is 0.149 e. The zero-order valence-electron chi connectivity index (χ0n) is 10.1. The zero-order valence-corrected chi connectivity index (χ0v) is 10.1. The van der Waals surface area contributed by atoms with Crippen LogP contribution >= 0.6 is 0 Å². The molecule has 0 fully saturated rings. The molecule has 3 N–H and O–H groups in total. The smallest absolute Gasteiger partial charge is 0.149 e. The summed E-state index contributed by atoms with van der Waals surface area (Å²) < 4.78 is 13.9. The summed E-state index contributed by atoms with van der Waals surface area (Å²) in [6, 6.07) is 1.38. The quantitative estimate of drug-likeness (QED) is 0.730. The molecular formula is C13H17FN2O2. The largest absolute Gasteiger partial charge is 0.394 e. The molecule has 98 valence electrons. The number of nitrogens with zero attached hydrogens (tertiary/aromatic N) is 1. The molecule has 1 unspecified atom stereocenters. The van der Waals surface area contributed by atoms with Crippen LogP contribution in [0.25, 0.3) is 5.57 Å². The molecule has 1 atom stereocenters. The molecule has 0 spiro atoms. The summed E-state index contributed by atoms with van der Waals surface area (Å²) in [4.78, 5) is 4.13. The lowest BCUT2D eigenvalue weighted by Crippen LogP contribution is -2.21. The highest BCUT2D eigenvalue weighted by Gasteiger charge is 2.13. The third-order valence-corrected chi connectivity index (χ3v) is 2.95. The van der Waals surface area contributed by atoms with Crippen molar-refractivity contribution in [2.45, 2.75) is 18.9 Å². The third-order valence-electron chi connectivity index (χ3n) is 2.95. The Balaban J connectivity index is 2.17. The van der Waals surface area contributed by atoms with Gasteiger partial charge < -0.3 is 15.5 Å². The molecule has 2 rings (SSSR count). The van der Waals surface area contributed by atoms with Gasteiger partial charge in [0.25, 0.3) is 0 Å². The van der Waals surface area contributed by atoms with Gasteiger partial charge in [-0.15, -0.1) is 0 Å². The molecule has 4 nitrogen and oxygen atoms in total. The highest BCUT2D eigenvalue weighted by Crippen LogP contribution is 2.21. The lowest BCUT2D eigenvalue weighted by molar-refractivity contribution is 0.0954. The Morgan fingerprint density at radius 3 is 2.94 bits per heavy atom. The fourth-order valence-corrected chi connectivity index (χ4v) is 2.00. The van der Waals surface area contributed by atoms with Gasteiger partial charge in [0.1, 0.15) is 11.5 Å². The zero-order chi connectivity index (χ0) is 13.0. The van der Waals surface area contributed by atoms with E-state index in [-0.39, 0.29) is 18.8 Å². The number of aromatic nitrogens is 1. The summed E-state index contributed by atoms with van der Waals surface area (Å²) >= 11 is 0. The molecule has 18 heavy (non-hydrogen) atoms. The number of rotatable bonds is 4. The lowest BCUT2D eigenvalue weighted by atomic mass is 10.0. The minimum Gasteiger partial charge on any atom is -0.394 e. The Kier molecular flexibility index (Phi) is 4.41. The maximum absolute atomic E-state index is 13.9. The predicted octanol–water partition coefficient (Wildman–Crippen LogP) is 0.493. The monoisotopic (exact) mass is 252 g/mol. The Bertz CT molecular complexity index is 449. The number of aliphatic hydroxyl groups excluding tert-OH is 2. The van der Waals surface area contributed by atoms with Crippen molar-refractivity contribution in [2.75, 3.05) is 19.7 Å². The van der Waals surface area contributed by atoms with E-state index in [1.165, 1.54) is 6.07 Å². The Hall–Kier alpha value is -1.30. The normalized spacial score (nSPS) is 17.4. The lowest BCUT2D eigenvalue weighted by Gasteiger charge is -2.14. The molecule has 0 aromatic carbocycles. The van der Waals surface area contributed by atoms with Gasteiger partial charge in [-0.05, 0) is 30.2 Å². The predicted molar refractivity (Wildman–Crippen MR) is 66.5 cm³/mol. The second kappa shape index (κ2) is 6.04. The van der Waals surface area contributed by atoms with E-state index >= 15 is 0 Å². The van der Waals surface area contributed by atoms with Crippen LogP contribution in [0.2, 0.25) is 0 Å². The third kappa shape index (κ3) is 3.13. The first-order valence-electron chi connectivity index (χ1n) is 6.04. The number of aliphatic hydroxyl groups is 2.